The summed E-state index contributed by atoms with van der Waals surface area (Å²) in [4.78, 5) is 23.9. The van der Waals surface area contributed by atoms with Crippen LogP contribution in [0, 0.1) is 0 Å². The summed E-state index contributed by atoms with van der Waals surface area (Å²) in [5.74, 6) is -1.42. The van der Waals surface area contributed by atoms with Gasteiger partial charge in [-0.2, -0.15) is 0 Å². The Morgan fingerprint density at radius 2 is 0.882 bits per heavy atom. The second-order valence-corrected chi connectivity index (χ2v) is 12.6. The first-order valence-corrected chi connectivity index (χ1v) is 16.1. The molecule has 1 unspecified atom stereocenters. The van der Waals surface area contributed by atoms with Gasteiger partial charge in [0.15, 0.2) is 25.2 Å². The standard InChI is InChI=1S/C28H48N2O21/c1-7(35)29-13-17(39)15(37)9(3-31)46-26(13)49-23-12(6-34)48-28(20(42)19(23)41)50-22-11(5-33)47-27(14(18(22)40)30-8(2)36)51-24-16(38)10(4-32)45-25(44)21(24)43/h9-28,31-34,37-44H,3-6H2,1-2H3,(H,29,35)(H,30,36)/t9-,10-,11-,12-,13-,14-,15+,16+,17-,18-,19-,20-,21-,22-,23+,24+,25?,26+,27+,28+/m1/s1. The second-order valence-electron chi connectivity index (χ2n) is 12.6. The molecule has 4 fully saturated rings. The zero-order valence-electron chi connectivity index (χ0n) is 27.4. The largest absolute Gasteiger partial charge is 0.394 e. The van der Waals surface area contributed by atoms with Crippen LogP contribution in [-0.2, 0) is 42.7 Å². The van der Waals surface area contributed by atoms with Gasteiger partial charge in [0.2, 0.25) is 11.8 Å². The molecule has 0 bridgehead atoms. The first kappa shape index (κ1) is 41.9. The van der Waals surface area contributed by atoms with Crippen LogP contribution in [0.3, 0.4) is 0 Å². The summed E-state index contributed by atoms with van der Waals surface area (Å²) in [6, 6.07) is -3.05. The van der Waals surface area contributed by atoms with E-state index < -0.39 is 161 Å². The van der Waals surface area contributed by atoms with Crippen molar-refractivity contribution in [2.45, 2.75) is 137 Å². The van der Waals surface area contributed by atoms with Crippen molar-refractivity contribution < 1.29 is 104 Å². The summed E-state index contributed by atoms with van der Waals surface area (Å²) >= 11 is 0. The van der Waals surface area contributed by atoms with Gasteiger partial charge in [-0.3, -0.25) is 9.59 Å². The predicted octanol–water partition coefficient (Wildman–Crippen LogP) is -9.46. The smallest absolute Gasteiger partial charge is 0.217 e. The number of carbonyl (C=O) groups excluding carboxylic acids is 2. The monoisotopic (exact) mass is 748 g/mol. The highest BCUT2D eigenvalue weighted by atomic mass is 16.8. The van der Waals surface area contributed by atoms with E-state index in [4.69, 9.17) is 33.2 Å². The SMILES string of the molecule is CC(=O)N[C@H]1[C@H](O[C@H]2[C@@H](O)[C@@H](CO)OC(O)[C@@H]2O)O[C@H](CO)[C@@H](O[C@@H]2O[C@H](CO)[C@H](O[C@@H]3O[C@H](CO)[C@H](O)[C@H](O)[C@H]3NC(C)=O)[C@H](O)[C@H]2O)[C@@H]1O. The molecule has 4 rings (SSSR count). The summed E-state index contributed by atoms with van der Waals surface area (Å²) in [6.45, 7) is -1.25. The van der Waals surface area contributed by atoms with Crippen LogP contribution in [0.2, 0.25) is 0 Å². The van der Waals surface area contributed by atoms with Gasteiger partial charge in [0.25, 0.3) is 0 Å². The third kappa shape index (κ3) is 9.11. The minimum atomic E-state index is -2.05. The van der Waals surface area contributed by atoms with Gasteiger partial charge in [0.1, 0.15) is 97.5 Å². The number of amides is 2. The highest BCUT2D eigenvalue weighted by Crippen LogP contribution is 2.34. The molecular formula is C28H48N2O21. The number of carbonyl (C=O) groups is 2. The molecule has 23 nitrogen and oxygen atoms in total. The Balaban J connectivity index is 1.52. The fraction of sp³-hybridized carbons (Fsp3) is 0.929. The van der Waals surface area contributed by atoms with Gasteiger partial charge in [-0.05, 0) is 0 Å². The summed E-state index contributed by atoms with van der Waals surface area (Å²) in [5.41, 5.74) is 0. The molecule has 0 saturated carbocycles. The fourth-order valence-electron chi connectivity index (χ4n) is 6.35. The van der Waals surface area contributed by atoms with Crippen molar-refractivity contribution >= 4 is 11.8 Å². The van der Waals surface area contributed by atoms with Crippen molar-refractivity contribution in [1.29, 1.82) is 0 Å². The minimum absolute atomic E-state index is 0.678. The lowest BCUT2D eigenvalue weighted by Crippen LogP contribution is -2.70. The summed E-state index contributed by atoms with van der Waals surface area (Å²) < 4.78 is 39.0. The van der Waals surface area contributed by atoms with Crippen molar-refractivity contribution in [2.24, 2.45) is 0 Å². The van der Waals surface area contributed by atoms with Crippen molar-refractivity contribution in [1.82, 2.24) is 10.6 Å². The van der Waals surface area contributed by atoms with Gasteiger partial charge in [0.05, 0.1) is 26.4 Å². The molecule has 0 aromatic heterocycles. The van der Waals surface area contributed by atoms with Crippen LogP contribution in [0.25, 0.3) is 0 Å². The Bertz CT molecular complexity index is 1140. The molecular weight excluding hydrogens is 700 g/mol. The molecule has 296 valence electrons. The Labute approximate surface area is 289 Å². The third-order valence-corrected chi connectivity index (χ3v) is 9.01. The predicted molar refractivity (Wildman–Crippen MR) is 157 cm³/mol. The zero-order valence-corrected chi connectivity index (χ0v) is 27.4. The second kappa shape index (κ2) is 18.0. The lowest BCUT2D eigenvalue weighted by atomic mass is 9.94. The molecule has 4 aliphatic rings. The Morgan fingerprint density at radius 3 is 1.39 bits per heavy atom. The van der Waals surface area contributed by atoms with E-state index in [1.54, 1.807) is 0 Å². The molecule has 0 aromatic rings. The highest BCUT2D eigenvalue weighted by Gasteiger charge is 2.55. The Morgan fingerprint density at radius 1 is 0.471 bits per heavy atom. The van der Waals surface area contributed by atoms with Crippen LogP contribution < -0.4 is 10.6 Å². The number of aliphatic hydroxyl groups excluding tert-OH is 12. The molecule has 14 N–H and O–H groups in total. The number of rotatable bonds is 12. The van der Waals surface area contributed by atoms with E-state index in [-0.39, 0.29) is 0 Å². The molecule has 51 heavy (non-hydrogen) atoms. The Hall–Kier alpha value is -1.82. The Kier molecular flexibility index (Phi) is 14.8. The van der Waals surface area contributed by atoms with Gasteiger partial charge in [0, 0.05) is 13.8 Å². The average Bonchev–Trinajstić information content (AvgIpc) is 3.09. The van der Waals surface area contributed by atoms with Crippen LogP contribution >= 0.6 is 0 Å². The quantitative estimate of drug-likeness (QED) is 0.0881. The van der Waals surface area contributed by atoms with Crippen molar-refractivity contribution in [3.05, 3.63) is 0 Å². The van der Waals surface area contributed by atoms with Gasteiger partial charge < -0.3 is 105 Å². The summed E-state index contributed by atoms with van der Waals surface area (Å²) in [6.07, 6.45) is -31.2. The highest BCUT2D eigenvalue weighted by molar-refractivity contribution is 5.73. The number of ether oxygens (including phenoxy) is 7. The number of aliphatic hydroxyl groups is 12. The van der Waals surface area contributed by atoms with E-state index in [1.165, 1.54) is 0 Å². The lowest BCUT2D eigenvalue weighted by molar-refractivity contribution is -0.376. The first-order chi connectivity index (χ1) is 24.1. The molecule has 4 aliphatic heterocycles. The summed E-state index contributed by atoms with van der Waals surface area (Å²) in [5, 5.41) is 130. The van der Waals surface area contributed by atoms with Crippen LogP contribution in [0.5, 0.6) is 0 Å². The normalized spacial score (nSPS) is 47.8. The van der Waals surface area contributed by atoms with Crippen LogP contribution in [-0.4, -0.2) is 222 Å². The van der Waals surface area contributed by atoms with E-state index in [1.807, 2.05) is 0 Å². The van der Waals surface area contributed by atoms with E-state index in [0.717, 1.165) is 13.8 Å². The van der Waals surface area contributed by atoms with E-state index >= 15 is 0 Å². The first-order valence-electron chi connectivity index (χ1n) is 16.1. The molecule has 0 aromatic carbocycles. The third-order valence-electron chi connectivity index (χ3n) is 9.01. The number of nitrogens with one attached hydrogen (secondary N) is 2. The maximum atomic E-state index is 12.1. The maximum Gasteiger partial charge on any atom is 0.217 e. The van der Waals surface area contributed by atoms with Gasteiger partial charge >= 0.3 is 0 Å². The lowest BCUT2D eigenvalue weighted by Gasteiger charge is -2.50. The topological polar surface area (TPSA) is 366 Å². The van der Waals surface area contributed by atoms with Gasteiger partial charge in [-0.15, -0.1) is 0 Å². The molecule has 20 atom stereocenters. The van der Waals surface area contributed by atoms with Gasteiger partial charge in [-0.1, -0.05) is 0 Å². The van der Waals surface area contributed by atoms with Crippen molar-refractivity contribution in [3.8, 4) is 0 Å². The fourth-order valence-corrected chi connectivity index (χ4v) is 6.35. The van der Waals surface area contributed by atoms with Gasteiger partial charge in [-0.25, -0.2) is 0 Å². The number of hydrogen-bond donors (Lipinski definition) is 14. The zero-order chi connectivity index (χ0) is 37.9. The van der Waals surface area contributed by atoms with E-state index in [0.29, 0.717) is 0 Å². The van der Waals surface area contributed by atoms with Crippen molar-refractivity contribution in [3.63, 3.8) is 0 Å². The molecule has 4 heterocycles. The van der Waals surface area contributed by atoms with Crippen LogP contribution in [0.15, 0.2) is 0 Å². The van der Waals surface area contributed by atoms with E-state index in [2.05, 4.69) is 10.6 Å². The minimum Gasteiger partial charge on any atom is -0.394 e. The van der Waals surface area contributed by atoms with Crippen LogP contribution in [0.4, 0.5) is 0 Å². The summed E-state index contributed by atoms with van der Waals surface area (Å²) in [7, 11) is 0. The van der Waals surface area contributed by atoms with E-state index in [9.17, 15) is 70.9 Å². The number of hydrogen-bond acceptors (Lipinski definition) is 21. The van der Waals surface area contributed by atoms with Crippen molar-refractivity contribution in [2.75, 3.05) is 26.4 Å². The molecule has 0 aliphatic carbocycles. The van der Waals surface area contributed by atoms with Crippen LogP contribution in [0.1, 0.15) is 13.8 Å². The molecule has 0 spiro atoms. The molecule has 4 saturated heterocycles. The average molecular weight is 749 g/mol. The maximum absolute atomic E-state index is 12.1. The molecule has 2 amide bonds. The molecule has 0 radical (unpaired) electrons. The molecule has 23 heteroatoms.